The van der Waals surface area contributed by atoms with E-state index in [0.29, 0.717) is 17.1 Å². The van der Waals surface area contributed by atoms with E-state index in [1.807, 2.05) is 42.5 Å². The Labute approximate surface area is 173 Å². The van der Waals surface area contributed by atoms with Crippen LogP contribution in [0.4, 0.5) is 0 Å². The zero-order valence-electron chi connectivity index (χ0n) is 16.3. The fourth-order valence-electron chi connectivity index (χ4n) is 3.01. The maximum Gasteiger partial charge on any atom is 0.289 e. The lowest BCUT2D eigenvalue weighted by atomic mass is 10.0. The van der Waals surface area contributed by atoms with Gasteiger partial charge in [-0.1, -0.05) is 54.6 Å². The van der Waals surface area contributed by atoms with Crippen molar-refractivity contribution in [1.29, 1.82) is 0 Å². The number of benzene rings is 3. The number of amides is 1. The highest BCUT2D eigenvalue weighted by Crippen LogP contribution is 2.24. The minimum absolute atomic E-state index is 0.178. The molecule has 0 atom stereocenters. The molecule has 0 bridgehead atoms. The van der Waals surface area contributed by atoms with Crippen molar-refractivity contribution in [3.05, 3.63) is 96.2 Å². The SMILES string of the molecule is C/C(=N/NC(=O)c1cc(-c2ccc(-c3ccccc3)cc2)n[nH]1)c1ccc(O)cc1. The summed E-state index contributed by atoms with van der Waals surface area (Å²) in [6.07, 6.45) is 0. The fraction of sp³-hybridized carbons (Fsp3) is 0.0417. The van der Waals surface area contributed by atoms with E-state index in [2.05, 4.69) is 32.9 Å². The van der Waals surface area contributed by atoms with E-state index in [-0.39, 0.29) is 11.7 Å². The van der Waals surface area contributed by atoms with Gasteiger partial charge in [0.25, 0.3) is 5.91 Å². The number of hydrazone groups is 1. The van der Waals surface area contributed by atoms with E-state index in [1.54, 1.807) is 37.3 Å². The molecule has 1 heterocycles. The summed E-state index contributed by atoms with van der Waals surface area (Å²) in [5.41, 5.74) is 8.12. The van der Waals surface area contributed by atoms with E-state index in [4.69, 9.17) is 0 Å². The Morgan fingerprint density at radius 2 is 1.53 bits per heavy atom. The first-order valence-corrected chi connectivity index (χ1v) is 9.45. The van der Waals surface area contributed by atoms with Crippen LogP contribution >= 0.6 is 0 Å². The third kappa shape index (κ3) is 4.28. The van der Waals surface area contributed by atoms with Crippen molar-refractivity contribution >= 4 is 11.6 Å². The van der Waals surface area contributed by atoms with Gasteiger partial charge in [0.2, 0.25) is 0 Å². The molecule has 148 valence electrons. The summed E-state index contributed by atoms with van der Waals surface area (Å²) < 4.78 is 0. The van der Waals surface area contributed by atoms with Crippen LogP contribution in [0.25, 0.3) is 22.4 Å². The molecule has 4 rings (SSSR count). The van der Waals surface area contributed by atoms with Gasteiger partial charge in [-0.3, -0.25) is 9.89 Å². The highest BCUT2D eigenvalue weighted by molar-refractivity contribution is 6.00. The van der Waals surface area contributed by atoms with Gasteiger partial charge in [0.1, 0.15) is 11.4 Å². The third-order valence-electron chi connectivity index (χ3n) is 4.72. The van der Waals surface area contributed by atoms with Crippen LogP contribution in [-0.2, 0) is 0 Å². The average molecular weight is 396 g/mol. The molecule has 6 nitrogen and oxygen atoms in total. The van der Waals surface area contributed by atoms with E-state index >= 15 is 0 Å². The molecule has 1 aromatic heterocycles. The molecule has 0 saturated heterocycles. The summed E-state index contributed by atoms with van der Waals surface area (Å²) in [6, 6.07) is 26.4. The Hall–Kier alpha value is -4.19. The fourth-order valence-corrected chi connectivity index (χ4v) is 3.01. The van der Waals surface area contributed by atoms with Crippen LogP contribution in [-0.4, -0.2) is 26.9 Å². The molecule has 0 saturated carbocycles. The van der Waals surface area contributed by atoms with Crippen LogP contribution < -0.4 is 5.43 Å². The number of phenols is 1. The smallest absolute Gasteiger partial charge is 0.289 e. The number of hydrogen-bond acceptors (Lipinski definition) is 4. The first-order valence-electron chi connectivity index (χ1n) is 9.45. The minimum atomic E-state index is -0.382. The van der Waals surface area contributed by atoms with Crippen molar-refractivity contribution in [2.24, 2.45) is 5.10 Å². The zero-order chi connectivity index (χ0) is 20.9. The summed E-state index contributed by atoms with van der Waals surface area (Å²) in [6.45, 7) is 1.78. The molecule has 6 heteroatoms. The first-order chi connectivity index (χ1) is 14.6. The van der Waals surface area contributed by atoms with Crippen LogP contribution in [0.1, 0.15) is 23.0 Å². The van der Waals surface area contributed by atoms with Crippen molar-refractivity contribution in [3.8, 4) is 28.1 Å². The Balaban J connectivity index is 1.45. The van der Waals surface area contributed by atoms with E-state index in [1.165, 1.54) is 0 Å². The number of H-pyrrole nitrogens is 1. The molecule has 4 aromatic rings. The highest BCUT2D eigenvalue weighted by Gasteiger charge is 2.11. The summed E-state index contributed by atoms with van der Waals surface area (Å²) >= 11 is 0. The summed E-state index contributed by atoms with van der Waals surface area (Å²) in [5.74, 6) is -0.204. The van der Waals surface area contributed by atoms with Gasteiger partial charge in [0.05, 0.1) is 11.4 Å². The summed E-state index contributed by atoms with van der Waals surface area (Å²) in [5, 5.41) is 20.5. The van der Waals surface area contributed by atoms with Crippen molar-refractivity contribution in [2.75, 3.05) is 0 Å². The van der Waals surface area contributed by atoms with Crippen LogP contribution in [0.3, 0.4) is 0 Å². The number of aromatic nitrogens is 2. The first kappa shape index (κ1) is 19.1. The molecule has 0 aliphatic carbocycles. The van der Waals surface area contributed by atoms with Gasteiger partial charge < -0.3 is 5.11 Å². The number of rotatable bonds is 5. The number of carbonyl (C=O) groups is 1. The molecule has 3 N–H and O–H groups in total. The molecular formula is C24H20N4O2. The number of nitrogens with zero attached hydrogens (tertiary/aromatic N) is 2. The maximum absolute atomic E-state index is 12.4. The topological polar surface area (TPSA) is 90.4 Å². The second kappa shape index (κ2) is 8.45. The zero-order valence-corrected chi connectivity index (χ0v) is 16.3. The molecule has 0 fully saturated rings. The predicted octanol–water partition coefficient (Wildman–Crippen LogP) is 4.60. The van der Waals surface area contributed by atoms with Crippen LogP contribution in [0.15, 0.2) is 90.0 Å². The number of hydrogen-bond donors (Lipinski definition) is 3. The van der Waals surface area contributed by atoms with Gasteiger partial charge in [-0.05, 0) is 53.9 Å². The minimum Gasteiger partial charge on any atom is -0.508 e. The van der Waals surface area contributed by atoms with Gasteiger partial charge in [0.15, 0.2) is 0 Å². The summed E-state index contributed by atoms with van der Waals surface area (Å²) in [4.78, 5) is 12.4. The lowest BCUT2D eigenvalue weighted by molar-refractivity contribution is 0.0950. The normalized spacial score (nSPS) is 11.3. The molecule has 0 unspecified atom stereocenters. The number of aromatic amines is 1. The standard InChI is InChI=1S/C24H20N4O2/c1-16(17-11-13-21(29)14-12-17)25-28-24(30)23-15-22(26-27-23)20-9-7-19(8-10-20)18-5-3-2-4-6-18/h2-15,29H,1H3,(H,26,27)(H,28,30)/b25-16-. The third-order valence-corrected chi connectivity index (χ3v) is 4.72. The van der Waals surface area contributed by atoms with Crippen molar-refractivity contribution in [2.45, 2.75) is 6.92 Å². The van der Waals surface area contributed by atoms with Gasteiger partial charge in [-0.15, -0.1) is 0 Å². The van der Waals surface area contributed by atoms with Gasteiger partial charge in [-0.2, -0.15) is 10.2 Å². The van der Waals surface area contributed by atoms with E-state index in [9.17, 15) is 9.90 Å². The lowest BCUT2D eigenvalue weighted by Gasteiger charge is -2.02. The second-order valence-corrected chi connectivity index (χ2v) is 6.80. The van der Waals surface area contributed by atoms with Crippen LogP contribution in [0.5, 0.6) is 5.75 Å². The monoisotopic (exact) mass is 396 g/mol. The molecule has 30 heavy (non-hydrogen) atoms. The Morgan fingerprint density at radius 1 is 0.900 bits per heavy atom. The van der Waals surface area contributed by atoms with Crippen LogP contribution in [0.2, 0.25) is 0 Å². The van der Waals surface area contributed by atoms with Gasteiger partial charge >= 0.3 is 0 Å². The molecule has 0 aliphatic heterocycles. The largest absolute Gasteiger partial charge is 0.508 e. The predicted molar refractivity (Wildman–Crippen MR) is 117 cm³/mol. The average Bonchev–Trinajstić information content (AvgIpc) is 3.29. The van der Waals surface area contributed by atoms with Gasteiger partial charge in [0, 0.05) is 5.56 Å². The summed E-state index contributed by atoms with van der Waals surface area (Å²) in [7, 11) is 0. The van der Waals surface area contributed by atoms with Crippen molar-refractivity contribution < 1.29 is 9.90 Å². The Kier molecular flexibility index (Phi) is 5.39. The molecule has 0 spiro atoms. The van der Waals surface area contributed by atoms with Crippen molar-refractivity contribution in [3.63, 3.8) is 0 Å². The highest BCUT2D eigenvalue weighted by atomic mass is 16.3. The number of phenolic OH excluding ortho intramolecular Hbond substituents is 1. The second-order valence-electron chi connectivity index (χ2n) is 6.80. The van der Waals surface area contributed by atoms with Gasteiger partial charge in [-0.25, -0.2) is 5.43 Å². The molecule has 0 radical (unpaired) electrons. The quantitative estimate of drug-likeness (QED) is 0.340. The maximum atomic E-state index is 12.4. The number of aromatic hydroxyl groups is 1. The Morgan fingerprint density at radius 3 is 2.23 bits per heavy atom. The van der Waals surface area contributed by atoms with Crippen molar-refractivity contribution in [1.82, 2.24) is 15.6 Å². The number of nitrogens with one attached hydrogen (secondary N) is 2. The van der Waals surface area contributed by atoms with E-state index in [0.717, 1.165) is 22.3 Å². The van der Waals surface area contributed by atoms with Crippen LogP contribution in [0, 0.1) is 0 Å². The molecule has 0 aliphatic rings. The number of carbonyl (C=O) groups excluding carboxylic acids is 1. The lowest BCUT2D eigenvalue weighted by Crippen LogP contribution is -2.19. The van der Waals surface area contributed by atoms with E-state index < -0.39 is 0 Å². The molecule has 3 aromatic carbocycles. The Bertz CT molecular complexity index is 1180. The molecule has 1 amide bonds. The molecular weight excluding hydrogens is 376 g/mol.